The highest BCUT2D eigenvalue weighted by Crippen LogP contribution is 2.12. The Kier molecular flexibility index (Phi) is 10.2. The van der Waals surface area contributed by atoms with Crippen LogP contribution in [0, 0.1) is 0 Å². The Morgan fingerprint density at radius 3 is 2.68 bits per heavy atom. The molecular formula is C17H28IN5O2. The van der Waals surface area contributed by atoms with Crippen LogP contribution in [0.25, 0.3) is 0 Å². The number of pyridine rings is 1. The van der Waals surface area contributed by atoms with E-state index in [-0.39, 0.29) is 29.9 Å². The highest BCUT2D eigenvalue weighted by Gasteiger charge is 2.20. The SMILES string of the molecule is CCOC(=O)CCCNC(=NC)N1CCN(c2ccccn2)CC1.I. The van der Waals surface area contributed by atoms with Gasteiger partial charge in [0.2, 0.25) is 0 Å². The number of anilines is 1. The summed E-state index contributed by atoms with van der Waals surface area (Å²) >= 11 is 0. The predicted molar refractivity (Wildman–Crippen MR) is 111 cm³/mol. The second-order valence-electron chi connectivity index (χ2n) is 5.54. The lowest BCUT2D eigenvalue weighted by Crippen LogP contribution is -2.52. The van der Waals surface area contributed by atoms with E-state index in [2.05, 4.69) is 25.1 Å². The van der Waals surface area contributed by atoms with Gasteiger partial charge in [-0.15, -0.1) is 24.0 Å². The highest BCUT2D eigenvalue weighted by atomic mass is 127. The quantitative estimate of drug-likeness (QED) is 0.229. The number of halogens is 1. The Hall–Kier alpha value is -1.58. The van der Waals surface area contributed by atoms with Crippen molar-refractivity contribution in [1.82, 2.24) is 15.2 Å². The van der Waals surface area contributed by atoms with Gasteiger partial charge in [0.15, 0.2) is 5.96 Å². The number of guanidine groups is 1. The number of hydrogen-bond donors (Lipinski definition) is 1. The van der Waals surface area contributed by atoms with Crippen LogP contribution < -0.4 is 10.2 Å². The highest BCUT2D eigenvalue weighted by molar-refractivity contribution is 14.0. The van der Waals surface area contributed by atoms with E-state index in [1.807, 2.05) is 31.3 Å². The molecule has 7 nitrogen and oxygen atoms in total. The number of aliphatic imine (C=N–C) groups is 1. The smallest absolute Gasteiger partial charge is 0.305 e. The second kappa shape index (κ2) is 11.9. The molecule has 0 radical (unpaired) electrons. The molecular weight excluding hydrogens is 433 g/mol. The number of carbonyl (C=O) groups is 1. The Morgan fingerprint density at radius 1 is 1.32 bits per heavy atom. The van der Waals surface area contributed by atoms with Crippen molar-refractivity contribution in [1.29, 1.82) is 0 Å². The summed E-state index contributed by atoms with van der Waals surface area (Å²) in [5.41, 5.74) is 0. The molecule has 1 N–H and O–H groups in total. The van der Waals surface area contributed by atoms with Gasteiger partial charge in [-0.2, -0.15) is 0 Å². The Bertz CT molecular complexity index is 533. The fourth-order valence-electron chi connectivity index (χ4n) is 2.69. The fourth-order valence-corrected chi connectivity index (χ4v) is 2.69. The first-order chi connectivity index (χ1) is 11.7. The number of aromatic nitrogens is 1. The largest absolute Gasteiger partial charge is 0.466 e. The maximum Gasteiger partial charge on any atom is 0.305 e. The number of carbonyl (C=O) groups excluding carboxylic acids is 1. The van der Waals surface area contributed by atoms with E-state index < -0.39 is 0 Å². The van der Waals surface area contributed by atoms with Crippen LogP contribution >= 0.6 is 24.0 Å². The van der Waals surface area contributed by atoms with Gasteiger partial charge in [0.1, 0.15) is 5.82 Å². The zero-order valence-corrected chi connectivity index (χ0v) is 17.3. The molecule has 0 bridgehead atoms. The number of rotatable bonds is 6. The molecule has 1 aliphatic heterocycles. The van der Waals surface area contributed by atoms with Crippen LogP contribution in [-0.2, 0) is 9.53 Å². The van der Waals surface area contributed by atoms with Gasteiger partial charge in [0.25, 0.3) is 0 Å². The number of hydrogen-bond acceptors (Lipinski definition) is 5. The average molecular weight is 461 g/mol. The van der Waals surface area contributed by atoms with E-state index >= 15 is 0 Å². The zero-order valence-electron chi connectivity index (χ0n) is 15.0. The topological polar surface area (TPSA) is 70.1 Å². The standard InChI is InChI=1S/C17H27N5O2.HI/c1-3-24-16(23)8-6-10-20-17(18-2)22-13-11-21(12-14-22)15-7-4-5-9-19-15;/h4-5,7,9H,3,6,8,10-14H2,1-2H3,(H,18,20);1H. The lowest BCUT2D eigenvalue weighted by molar-refractivity contribution is -0.143. The van der Waals surface area contributed by atoms with Gasteiger partial charge in [0.05, 0.1) is 6.61 Å². The molecule has 0 atom stereocenters. The van der Waals surface area contributed by atoms with Crippen LogP contribution in [0.3, 0.4) is 0 Å². The maximum absolute atomic E-state index is 11.3. The summed E-state index contributed by atoms with van der Waals surface area (Å²) in [5, 5.41) is 3.33. The van der Waals surface area contributed by atoms with Crippen molar-refractivity contribution in [3.8, 4) is 0 Å². The summed E-state index contributed by atoms with van der Waals surface area (Å²) < 4.78 is 4.93. The Morgan fingerprint density at radius 2 is 2.08 bits per heavy atom. The van der Waals surface area contributed by atoms with E-state index in [1.165, 1.54) is 0 Å². The van der Waals surface area contributed by atoms with Gasteiger partial charge in [-0.3, -0.25) is 9.79 Å². The second-order valence-corrected chi connectivity index (χ2v) is 5.54. The van der Waals surface area contributed by atoms with Crippen molar-refractivity contribution in [2.24, 2.45) is 4.99 Å². The molecule has 0 saturated carbocycles. The van der Waals surface area contributed by atoms with E-state index in [0.29, 0.717) is 19.6 Å². The Labute approximate surface area is 166 Å². The number of nitrogens with one attached hydrogen (secondary N) is 1. The van der Waals surface area contributed by atoms with Crippen LogP contribution in [0.15, 0.2) is 29.4 Å². The molecule has 2 rings (SSSR count). The van der Waals surface area contributed by atoms with Gasteiger partial charge in [-0.05, 0) is 25.5 Å². The third-order valence-corrected chi connectivity index (χ3v) is 3.91. The molecule has 25 heavy (non-hydrogen) atoms. The first-order valence-electron chi connectivity index (χ1n) is 8.51. The minimum absolute atomic E-state index is 0. The first-order valence-corrected chi connectivity index (χ1v) is 8.51. The predicted octanol–water partition coefficient (Wildman–Crippen LogP) is 1.74. The van der Waals surface area contributed by atoms with Crippen LogP contribution in [0.5, 0.6) is 0 Å². The fraction of sp³-hybridized carbons (Fsp3) is 0.588. The van der Waals surface area contributed by atoms with Crippen molar-refractivity contribution in [2.45, 2.75) is 19.8 Å². The molecule has 0 amide bonds. The molecule has 2 heterocycles. The number of nitrogens with zero attached hydrogens (tertiary/aromatic N) is 4. The van der Waals surface area contributed by atoms with E-state index in [9.17, 15) is 4.79 Å². The van der Waals surface area contributed by atoms with Gasteiger partial charge in [-0.25, -0.2) is 4.98 Å². The normalized spacial score (nSPS) is 14.7. The molecule has 1 fully saturated rings. The zero-order chi connectivity index (χ0) is 17.2. The molecule has 1 aliphatic rings. The van der Waals surface area contributed by atoms with Crippen LogP contribution in [0.2, 0.25) is 0 Å². The maximum atomic E-state index is 11.3. The summed E-state index contributed by atoms with van der Waals surface area (Å²) in [7, 11) is 1.79. The first kappa shape index (κ1) is 21.5. The molecule has 8 heteroatoms. The van der Waals surface area contributed by atoms with E-state index in [1.54, 1.807) is 7.05 Å². The minimum Gasteiger partial charge on any atom is -0.466 e. The van der Waals surface area contributed by atoms with Crippen molar-refractivity contribution < 1.29 is 9.53 Å². The third-order valence-electron chi connectivity index (χ3n) is 3.91. The summed E-state index contributed by atoms with van der Waals surface area (Å²) in [5.74, 6) is 1.77. The molecule has 140 valence electrons. The third kappa shape index (κ3) is 7.05. The number of esters is 1. The summed E-state index contributed by atoms with van der Waals surface area (Å²) in [6, 6.07) is 5.98. The van der Waals surface area contributed by atoms with Crippen molar-refractivity contribution >= 4 is 41.7 Å². The van der Waals surface area contributed by atoms with Gasteiger partial charge in [0, 0.05) is 52.4 Å². The number of piperazine rings is 1. The van der Waals surface area contributed by atoms with Crippen molar-refractivity contribution in [2.75, 3.05) is 51.3 Å². The summed E-state index contributed by atoms with van der Waals surface area (Å²) in [4.78, 5) is 24.6. The number of ether oxygens (including phenoxy) is 1. The van der Waals surface area contributed by atoms with Gasteiger partial charge in [-0.1, -0.05) is 6.07 Å². The molecule has 1 aromatic heterocycles. The van der Waals surface area contributed by atoms with Gasteiger partial charge >= 0.3 is 5.97 Å². The molecule has 0 aromatic carbocycles. The Balaban J connectivity index is 0.00000312. The molecule has 0 unspecified atom stereocenters. The van der Waals surface area contributed by atoms with E-state index in [0.717, 1.165) is 44.4 Å². The average Bonchev–Trinajstić information content (AvgIpc) is 2.63. The van der Waals surface area contributed by atoms with Crippen LogP contribution in [0.4, 0.5) is 5.82 Å². The van der Waals surface area contributed by atoms with Crippen molar-refractivity contribution in [3.63, 3.8) is 0 Å². The van der Waals surface area contributed by atoms with Crippen LogP contribution in [-0.4, -0.2) is 68.2 Å². The summed E-state index contributed by atoms with van der Waals surface area (Å²) in [6.07, 6.45) is 3.00. The lowest BCUT2D eigenvalue weighted by Gasteiger charge is -2.37. The van der Waals surface area contributed by atoms with E-state index in [4.69, 9.17) is 4.74 Å². The van der Waals surface area contributed by atoms with Crippen LogP contribution in [0.1, 0.15) is 19.8 Å². The van der Waals surface area contributed by atoms with Gasteiger partial charge < -0.3 is 19.9 Å². The molecule has 0 spiro atoms. The summed E-state index contributed by atoms with van der Waals surface area (Å²) in [6.45, 7) is 6.60. The minimum atomic E-state index is -0.140. The van der Waals surface area contributed by atoms with Crippen molar-refractivity contribution in [3.05, 3.63) is 24.4 Å². The monoisotopic (exact) mass is 461 g/mol. The lowest BCUT2D eigenvalue weighted by atomic mass is 10.3. The molecule has 0 aliphatic carbocycles. The molecule has 1 aromatic rings. The molecule has 1 saturated heterocycles.